The molecule has 0 radical (unpaired) electrons. The lowest BCUT2D eigenvalue weighted by molar-refractivity contribution is 0.271. The minimum Gasteiger partial charge on any atom is -0.493 e. The highest BCUT2D eigenvalue weighted by atomic mass is 16.5. The molecule has 0 atom stereocenters. The summed E-state index contributed by atoms with van der Waals surface area (Å²) in [6.45, 7) is 6.23. The Morgan fingerprint density at radius 3 is 2.32 bits per heavy atom. The van der Waals surface area contributed by atoms with Crippen LogP contribution in [0.3, 0.4) is 0 Å². The summed E-state index contributed by atoms with van der Waals surface area (Å²) in [7, 11) is 2.06. The predicted octanol–water partition coefficient (Wildman–Crippen LogP) is 3.75. The quantitative estimate of drug-likeness (QED) is 0.842. The fourth-order valence-corrected chi connectivity index (χ4v) is 3.13. The molecule has 1 aromatic rings. The van der Waals surface area contributed by atoms with Gasteiger partial charge in [0.1, 0.15) is 5.75 Å². The van der Waals surface area contributed by atoms with Crippen LogP contribution in [-0.2, 0) is 5.41 Å². The summed E-state index contributed by atoms with van der Waals surface area (Å²) in [5.74, 6) is 1.57. The maximum absolute atomic E-state index is 5.76. The monoisotopic (exact) mass is 261 g/mol. The largest absolute Gasteiger partial charge is 0.493 e. The predicted molar refractivity (Wildman–Crippen MR) is 80.8 cm³/mol. The lowest BCUT2D eigenvalue weighted by Crippen LogP contribution is -2.34. The van der Waals surface area contributed by atoms with Crippen molar-refractivity contribution in [1.82, 2.24) is 5.32 Å². The fraction of sp³-hybridized carbons (Fsp3) is 0.647. The Bertz CT molecular complexity index is 377. The molecule has 1 fully saturated rings. The number of hydrogen-bond acceptors (Lipinski definition) is 2. The van der Waals surface area contributed by atoms with Gasteiger partial charge in [-0.3, -0.25) is 0 Å². The van der Waals surface area contributed by atoms with Crippen molar-refractivity contribution in [2.45, 2.75) is 44.9 Å². The molecule has 0 amide bonds. The summed E-state index contributed by atoms with van der Waals surface area (Å²) in [6, 6.07) is 8.79. The van der Waals surface area contributed by atoms with Crippen LogP contribution in [-0.4, -0.2) is 20.2 Å². The SMILES string of the molecule is CNCC1(c2ccc(OCC(C)C)cc2)CCCC1. The standard InChI is InChI=1S/C17H27NO/c1-14(2)12-19-16-8-6-15(7-9-16)17(13-18-3)10-4-5-11-17/h6-9,14,18H,4-5,10-13H2,1-3H3. The zero-order chi connectivity index (χ0) is 13.7. The van der Waals surface area contributed by atoms with Gasteiger partial charge in [0.05, 0.1) is 6.61 Å². The molecule has 2 nitrogen and oxygen atoms in total. The Labute approximate surface area is 117 Å². The van der Waals surface area contributed by atoms with E-state index in [1.807, 2.05) is 0 Å². The molecule has 2 rings (SSSR count). The molecular weight excluding hydrogens is 234 g/mol. The van der Waals surface area contributed by atoms with E-state index in [9.17, 15) is 0 Å². The second kappa shape index (κ2) is 6.42. The summed E-state index contributed by atoms with van der Waals surface area (Å²) >= 11 is 0. The first-order valence-corrected chi connectivity index (χ1v) is 7.54. The van der Waals surface area contributed by atoms with Crippen LogP contribution in [0, 0.1) is 5.92 Å². The molecule has 1 aliphatic rings. The molecule has 19 heavy (non-hydrogen) atoms. The Balaban J connectivity index is 2.07. The van der Waals surface area contributed by atoms with Crippen LogP contribution >= 0.6 is 0 Å². The van der Waals surface area contributed by atoms with Gasteiger partial charge in [-0.05, 0) is 43.5 Å². The zero-order valence-electron chi connectivity index (χ0n) is 12.5. The Kier molecular flexibility index (Phi) is 4.87. The van der Waals surface area contributed by atoms with Gasteiger partial charge < -0.3 is 10.1 Å². The van der Waals surface area contributed by atoms with Gasteiger partial charge in [-0.2, -0.15) is 0 Å². The minimum absolute atomic E-state index is 0.353. The van der Waals surface area contributed by atoms with Crippen molar-refractivity contribution >= 4 is 0 Å². The van der Waals surface area contributed by atoms with Crippen LogP contribution < -0.4 is 10.1 Å². The van der Waals surface area contributed by atoms with E-state index in [1.165, 1.54) is 31.2 Å². The zero-order valence-corrected chi connectivity index (χ0v) is 12.5. The summed E-state index contributed by atoms with van der Waals surface area (Å²) < 4.78 is 5.76. The van der Waals surface area contributed by atoms with Gasteiger partial charge in [-0.15, -0.1) is 0 Å². The van der Waals surface area contributed by atoms with E-state index in [4.69, 9.17) is 4.74 Å². The van der Waals surface area contributed by atoms with Crippen molar-refractivity contribution < 1.29 is 4.74 Å². The molecule has 1 saturated carbocycles. The lowest BCUT2D eigenvalue weighted by Gasteiger charge is -2.29. The van der Waals surface area contributed by atoms with Crippen LogP contribution in [0.1, 0.15) is 45.1 Å². The van der Waals surface area contributed by atoms with Crippen molar-refractivity contribution in [3.63, 3.8) is 0 Å². The number of likely N-dealkylation sites (N-methyl/N-ethyl adjacent to an activating group) is 1. The van der Waals surface area contributed by atoms with E-state index in [-0.39, 0.29) is 0 Å². The fourth-order valence-electron chi connectivity index (χ4n) is 3.13. The van der Waals surface area contributed by atoms with Crippen LogP contribution in [0.2, 0.25) is 0 Å². The highest BCUT2D eigenvalue weighted by Crippen LogP contribution is 2.41. The minimum atomic E-state index is 0.353. The van der Waals surface area contributed by atoms with Crippen molar-refractivity contribution in [1.29, 1.82) is 0 Å². The molecule has 0 heterocycles. The van der Waals surface area contributed by atoms with Crippen molar-refractivity contribution in [3.05, 3.63) is 29.8 Å². The topological polar surface area (TPSA) is 21.3 Å². The maximum Gasteiger partial charge on any atom is 0.119 e. The van der Waals surface area contributed by atoms with E-state index < -0.39 is 0 Å². The summed E-state index contributed by atoms with van der Waals surface area (Å²) in [6.07, 6.45) is 5.32. The number of rotatable bonds is 6. The van der Waals surface area contributed by atoms with Crippen molar-refractivity contribution in [2.24, 2.45) is 5.92 Å². The average molecular weight is 261 g/mol. The Morgan fingerprint density at radius 2 is 1.79 bits per heavy atom. The van der Waals surface area contributed by atoms with Gasteiger partial charge >= 0.3 is 0 Å². The molecule has 1 aliphatic carbocycles. The van der Waals surface area contributed by atoms with Gasteiger partial charge in [-0.1, -0.05) is 38.8 Å². The number of ether oxygens (including phenoxy) is 1. The highest BCUT2D eigenvalue weighted by molar-refractivity contribution is 5.33. The molecular formula is C17H27NO. The number of nitrogens with one attached hydrogen (secondary N) is 1. The van der Waals surface area contributed by atoms with E-state index >= 15 is 0 Å². The highest BCUT2D eigenvalue weighted by Gasteiger charge is 2.34. The molecule has 0 aliphatic heterocycles. The summed E-state index contributed by atoms with van der Waals surface area (Å²) in [5.41, 5.74) is 1.82. The number of benzene rings is 1. The van der Waals surface area contributed by atoms with Crippen molar-refractivity contribution in [3.8, 4) is 5.75 Å². The molecule has 106 valence electrons. The molecule has 1 N–H and O–H groups in total. The first-order chi connectivity index (χ1) is 9.16. The van der Waals surface area contributed by atoms with Crippen LogP contribution in [0.25, 0.3) is 0 Å². The maximum atomic E-state index is 5.76. The Morgan fingerprint density at radius 1 is 1.16 bits per heavy atom. The normalized spacial score (nSPS) is 17.9. The van der Waals surface area contributed by atoms with E-state index in [0.29, 0.717) is 11.3 Å². The van der Waals surface area contributed by atoms with E-state index in [1.54, 1.807) is 0 Å². The summed E-state index contributed by atoms with van der Waals surface area (Å²) in [5, 5.41) is 3.37. The molecule has 0 saturated heterocycles. The second-order valence-corrected chi connectivity index (χ2v) is 6.25. The summed E-state index contributed by atoms with van der Waals surface area (Å²) in [4.78, 5) is 0. The molecule has 2 heteroatoms. The van der Waals surface area contributed by atoms with E-state index in [2.05, 4.69) is 50.5 Å². The molecule has 1 aromatic carbocycles. The van der Waals surface area contributed by atoms with Gasteiger partial charge in [0.25, 0.3) is 0 Å². The average Bonchev–Trinajstić information content (AvgIpc) is 2.87. The molecule has 0 bridgehead atoms. The van der Waals surface area contributed by atoms with Crippen LogP contribution in [0.15, 0.2) is 24.3 Å². The first kappa shape index (κ1) is 14.4. The molecule has 0 unspecified atom stereocenters. The number of hydrogen-bond donors (Lipinski definition) is 1. The van der Waals surface area contributed by atoms with Crippen LogP contribution in [0.4, 0.5) is 0 Å². The molecule has 0 aromatic heterocycles. The van der Waals surface area contributed by atoms with Crippen molar-refractivity contribution in [2.75, 3.05) is 20.2 Å². The third-order valence-electron chi connectivity index (χ3n) is 4.13. The van der Waals surface area contributed by atoms with Gasteiger partial charge in [0.2, 0.25) is 0 Å². The van der Waals surface area contributed by atoms with Gasteiger partial charge in [0.15, 0.2) is 0 Å². The molecule has 0 spiro atoms. The Hall–Kier alpha value is -1.02. The third-order valence-corrected chi connectivity index (χ3v) is 4.13. The van der Waals surface area contributed by atoms with Crippen LogP contribution in [0.5, 0.6) is 5.75 Å². The smallest absolute Gasteiger partial charge is 0.119 e. The van der Waals surface area contributed by atoms with Gasteiger partial charge in [0, 0.05) is 12.0 Å². The van der Waals surface area contributed by atoms with Gasteiger partial charge in [-0.25, -0.2) is 0 Å². The lowest BCUT2D eigenvalue weighted by atomic mass is 9.79. The second-order valence-electron chi connectivity index (χ2n) is 6.25. The van der Waals surface area contributed by atoms with E-state index in [0.717, 1.165) is 18.9 Å². The first-order valence-electron chi connectivity index (χ1n) is 7.54. The third kappa shape index (κ3) is 3.50.